The van der Waals surface area contributed by atoms with Gasteiger partial charge in [-0.25, -0.2) is 0 Å². The summed E-state index contributed by atoms with van der Waals surface area (Å²) in [6.07, 6.45) is 7.37. The Labute approximate surface area is 177 Å². The van der Waals surface area contributed by atoms with E-state index in [9.17, 15) is 4.79 Å². The van der Waals surface area contributed by atoms with Crippen LogP contribution in [-0.2, 0) is 4.74 Å². The second-order valence-electron chi connectivity index (χ2n) is 7.21. The highest BCUT2D eigenvalue weighted by Crippen LogP contribution is 2.15. The molecule has 0 spiro atoms. The lowest BCUT2D eigenvalue weighted by Gasteiger charge is -2.26. The van der Waals surface area contributed by atoms with Crippen LogP contribution in [0.5, 0.6) is 5.75 Å². The molecule has 0 bridgehead atoms. The van der Waals surface area contributed by atoms with Gasteiger partial charge in [-0.3, -0.25) is 9.69 Å². The molecule has 1 fully saturated rings. The fraction of sp³-hybridized carbons (Fsp3) is 0.240. The number of ketones is 1. The van der Waals surface area contributed by atoms with E-state index in [2.05, 4.69) is 4.90 Å². The van der Waals surface area contributed by atoms with Gasteiger partial charge in [-0.15, -0.1) is 0 Å². The van der Waals surface area contributed by atoms with Crippen LogP contribution >= 0.6 is 0 Å². The summed E-state index contributed by atoms with van der Waals surface area (Å²) in [5, 5.41) is 0. The van der Waals surface area contributed by atoms with E-state index in [1.807, 2.05) is 83.7 Å². The standard InChI is InChI=1S/C25H26N2O3/c28-25(22-4-3-5-23(20-22)27-12-1-2-13-27)11-8-21-6-9-24(10-7-21)30-19-16-26-14-17-29-18-15-26/h1-13,20H,14-19H2/b11-8+. The lowest BCUT2D eigenvalue weighted by molar-refractivity contribution is 0.0322. The van der Waals surface area contributed by atoms with E-state index in [1.54, 1.807) is 6.08 Å². The number of rotatable bonds is 8. The summed E-state index contributed by atoms with van der Waals surface area (Å²) in [4.78, 5) is 14.9. The van der Waals surface area contributed by atoms with Gasteiger partial charge in [0, 0.05) is 43.3 Å². The van der Waals surface area contributed by atoms with Crippen LogP contribution < -0.4 is 4.74 Å². The monoisotopic (exact) mass is 402 g/mol. The number of carbonyl (C=O) groups excluding carboxylic acids is 1. The Balaban J connectivity index is 1.30. The summed E-state index contributed by atoms with van der Waals surface area (Å²) >= 11 is 0. The minimum Gasteiger partial charge on any atom is -0.492 e. The van der Waals surface area contributed by atoms with Crippen molar-refractivity contribution in [3.8, 4) is 11.4 Å². The number of allylic oxidation sites excluding steroid dienone is 1. The molecule has 2 aromatic carbocycles. The number of benzene rings is 2. The van der Waals surface area contributed by atoms with Crippen LogP contribution in [-0.4, -0.2) is 54.7 Å². The molecule has 1 aliphatic heterocycles. The van der Waals surface area contributed by atoms with Crippen LogP contribution in [0.3, 0.4) is 0 Å². The molecular weight excluding hydrogens is 376 g/mol. The molecule has 5 heteroatoms. The maximum absolute atomic E-state index is 12.6. The van der Waals surface area contributed by atoms with Crippen molar-refractivity contribution in [2.45, 2.75) is 0 Å². The van der Waals surface area contributed by atoms with E-state index in [0.29, 0.717) is 12.2 Å². The Morgan fingerprint density at radius 1 is 1.00 bits per heavy atom. The van der Waals surface area contributed by atoms with Crippen molar-refractivity contribution in [3.63, 3.8) is 0 Å². The molecule has 0 unspecified atom stereocenters. The second kappa shape index (κ2) is 10.1. The third kappa shape index (κ3) is 5.47. The third-order valence-corrected chi connectivity index (χ3v) is 5.12. The van der Waals surface area contributed by atoms with E-state index in [1.165, 1.54) is 0 Å². The summed E-state index contributed by atoms with van der Waals surface area (Å²) in [7, 11) is 0. The molecule has 154 valence electrons. The summed E-state index contributed by atoms with van der Waals surface area (Å²) in [6, 6.07) is 19.4. The van der Waals surface area contributed by atoms with Gasteiger partial charge in [0.2, 0.25) is 0 Å². The van der Waals surface area contributed by atoms with Crippen molar-refractivity contribution in [1.29, 1.82) is 0 Å². The molecule has 30 heavy (non-hydrogen) atoms. The molecule has 0 N–H and O–H groups in total. The molecule has 4 rings (SSSR count). The number of ether oxygens (including phenoxy) is 2. The lowest BCUT2D eigenvalue weighted by Crippen LogP contribution is -2.38. The van der Waals surface area contributed by atoms with E-state index in [0.717, 1.165) is 49.8 Å². The SMILES string of the molecule is O=C(/C=C/c1ccc(OCCN2CCOCC2)cc1)c1cccc(-n2cccc2)c1. The molecule has 0 saturated carbocycles. The minimum atomic E-state index is -0.0187. The van der Waals surface area contributed by atoms with Gasteiger partial charge in [0.05, 0.1) is 13.2 Å². The first-order valence-electron chi connectivity index (χ1n) is 10.3. The first-order valence-corrected chi connectivity index (χ1v) is 10.3. The Bertz CT molecular complexity index is 972. The van der Waals surface area contributed by atoms with Crippen molar-refractivity contribution in [1.82, 2.24) is 9.47 Å². The number of carbonyl (C=O) groups is 1. The summed E-state index contributed by atoms with van der Waals surface area (Å²) in [6.45, 7) is 5.10. The second-order valence-corrected chi connectivity index (χ2v) is 7.21. The number of aromatic nitrogens is 1. The highest BCUT2D eigenvalue weighted by molar-refractivity contribution is 6.07. The molecule has 0 amide bonds. The Hall–Kier alpha value is -3.15. The van der Waals surface area contributed by atoms with Crippen LogP contribution in [0, 0.1) is 0 Å². The minimum absolute atomic E-state index is 0.0187. The number of morpholine rings is 1. The molecule has 1 aliphatic rings. The Kier molecular flexibility index (Phi) is 6.75. The van der Waals surface area contributed by atoms with E-state index in [4.69, 9.17) is 9.47 Å². The molecule has 0 radical (unpaired) electrons. The molecule has 2 heterocycles. The molecule has 1 saturated heterocycles. The van der Waals surface area contributed by atoms with Crippen molar-refractivity contribution >= 4 is 11.9 Å². The highest BCUT2D eigenvalue weighted by Gasteiger charge is 2.09. The number of hydrogen-bond acceptors (Lipinski definition) is 4. The topological polar surface area (TPSA) is 43.7 Å². The summed E-state index contributed by atoms with van der Waals surface area (Å²) in [5.74, 6) is 0.820. The van der Waals surface area contributed by atoms with Gasteiger partial charge in [0.1, 0.15) is 12.4 Å². The van der Waals surface area contributed by atoms with Gasteiger partial charge in [0.25, 0.3) is 0 Å². The molecule has 5 nitrogen and oxygen atoms in total. The van der Waals surface area contributed by atoms with Gasteiger partial charge in [-0.05, 0) is 48.0 Å². The largest absolute Gasteiger partial charge is 0.492 e. The molecule has 3 aromatic rings. The zero-order valence-corrected chi connectivity index (χ0v) is 16.9. The molecule has 0 aliphatic carbocycles. The van der Waals surface area contributed by atoms with Crippen molar-refractivity contribution in [2.24, 2.45) is 0 Å². The molecule has 0 atom stereocenters. The zero-order valence-electron chi connectivity index (χ0n) is 16.9. The fourth-order valence-electron chi connectivity index (χ4n) is 3.39. The first kappa shape index (κ1) is 20.1. The molecule has 1 aromatic heterocycles. The maximum atomic E-state index is 12.6. The van der Waals surface area contributed by atoms with Gasteiger partial charge in [-0.2, -0.15) is 0 Å². The Morgan fingerprint density at radius 3 is 2.53 bits per heavy atom. The average Bonchev–Trinajstić information content (AvgIpc) is 3.34. The van der Waals surface area contributed by atoms with Crippen LogP contribution in [0.2, 0.25) is 0 Å². The first-order chi connectivity index (χ1) is 14.8. The van der Waals surface area contributed by atoms with Gasteiger partial charge in [0.15, 0.2) is 5.78 Å². The van der Waals surface area contributed by atoms with Crippen LogP contribution in [0.4, 0.5) is 0 Å². The summed E-state index contributed by atoms with van der Waals surface area (Å²) in [5.41, 5.74) is 2.60. The number of hydrogen-bond donors (Lipinski definition) is 0. The smallest absolute Gasteiger partial charge is 0.185 e. The van der Waals surface area contributed by atoms with Crippen LogP contribution in [0.15, 0.2) is 79.1 Å². The predicted molar refractivity (Wildman–Crippen MR) is 118 cm³/mol. The summed E-state index contributed by atoms with van der Waals surface area (Å²) < 4.78 is 13.2. The maximum Gasteiger partial charge on any atom is 0.185 e. The fourth-order valence-corrected chi connectivity index (χ4v) is 3.39. The normalized spacial score (nSPS) is 14.8. The number of nitrogens with zero attached hydrogens (tertiary/aromatic N) is 2. The third-order valence-electron chi connectivity index (χ3n) is 5.12. The van der Waals surface area contributed by atoms with Gasteiger partial charge >= 0.3 is 0 Å². The van der Waals surface area contributed by atoms with Crippen molar-refractivity contribution in [2.75, 3.05) is 39.5 Å². The predicted octanol–water partition coefficient (Wildman–Crippen LogP) is 4.08. The zero-order chi connectivity index (χ0) is 20.6. The molecular formula is C25H26N2O3. The van der Waals surface area contributed by atoms with Crippen molar-refractivity contribution in [3.05, 3.63) is 90.3 Å². The van der Waals surface area contributed by atoms with E-state index >= 15 is 0 Å². The van der Waals surface area contributed by atoms with E-state index in [-0.39, 0.29) is 5.78 Å². The lowest BCUT2D eigenvalue weighted by atomic mass is 10.1. The van der Waals surface area contributed by atoms with Crippen LogP contribution in [0.1, 0.15) is 15.9 Å². The Morgan fingerprint density at radius 2 is 1.77 bits per heavy atom. The average molecular weight is 402 g/mol. The quantitative estimate of drug-likeness (QED) is 0.421. The van der Waals surface area contributed by atoms with Gasteiger partial charge < -0.3 is 14.0 Å². The van der Waals surface area contributed by atoms with Crippen molar-refractivity contribution < 1.29 is 14.3 Å². The van der Waals surface area contributed by atoms with Gasteiger partial charge in [-0.1, -0.05) is 30.3 Å². The highest BCUT2D eigenvalue weighted by atomic mass is 16.5. The van der Waals surface area contributed by atoms with Crippen LogP contribution in [0.25, 0.3) is 11.8 Å². The van der Waals surface area contributed by atoms with E-state index < -0.39 is 0 Å².